The van der Waals surface area contributed by atoms with Gasteiger partial charge in [-0.1, -0.05) is 35.5 Å². The number of amides is 2. The minimum absolute atomic E-state index is 0.0375. The third kappa shape index (κ3) is 6.39. The zero-order valence-corrected chi connectivity index (χ0v) is 19.3. The van der Waals surface area contributed by atoms with Gasteiger partial charge in [0.2, 0.25) is 11.8 Å². The van der Waals surface area contributed by atoms with E-state index in [4.69, 9.17) is 0 Å². The van der Waals surface area contributed by atoms with E-state index < -0.39 is 4.92 Å². The van der Waals surface area contributed by atoms with Crippen molar-refractivity contribution < 1.29 is 14.5 Å². The summed E-state index contributed by atoms with van der Waals surface area (Å²) in [6.45, 7) is 6.17. The molecule has 3 aromatic rings. The van der Waals surface area contributed by atoms with Crippen LogP contribution >= 0.6 is 11.8 Å². The summed E-state index contributed by atoms with van der Waals surface area (Å²) in [5.41, 5.74) is 2.82. The molecule has 33 heavy (non-hydrogen) atoms. The van der Waals surface area contributed by atoms with Crippen LogP contribution in [0, 0.1) is 24.0 Å². The van der Waals surface area contributed by atoms with Crippen LogP contribution in [0.25, 0.3) is 0 Å². The monoisotopic (exact) mass is 468 g/mol. The highest BCUT2D eigenvalue weighted by molar-refractivity contribution is 7.99. The van der Waals surface area contributed by atoms with Crippen molar-refractivity contribution in [2.24, 2.45) is 0 Å². The Balaban J connectivity index is 1.60. The summed E-state index contributed by atoms with van der Waals surface area (Å²) in [6.07, 6.45) is 0.0500. The van der Waals surface area contributed by atoms with Crippen LogP contribution in [0.5, 0.6) is 0 Å². The molecule has 172 valence electrons. The average molecular weight is 469 g/mol. The quantitative estimate of drug-likeness (QED) is 0.278. The summed E-state index contributed by atoms with van der Waals surface area (Å²) in [5, 5.41) is 25.2. The number of nitro groups is 1. The predicted molar refractivity (Wildman–Crippen MR) is 126 cm³/mol. The first kappa shape index (κ1) is 23.9. The Morgan fingerprint density at radius 3 is 2.45 bits per heavy atom. The second-order valence-electron chi connectivity index (χ2n) is 7.33. The largest absolute Gasteiger partial charge is 0.326 e. The van der Waals surface area contributed by atoms with Crippen LogP contribution in [0.2, 0.25) is 0 Å². The van der Waals surface area contributed by atoms with Gasteiger partial charge in [-0.05, 0) is 38.5 Å². The number of hydrogen-bond acceptors (Lipinski definition) is 7. The fourth-order valence-corrected chi connectivity index (χ4v) is 3.86. The average Bonchev–Trinajstić information content (AvgIpc) is 3.16. The van der Waals surface area contributed by atoms with Crippen molar-refractivity contribution >= 4 is 40.6 Å². The lowest BCUT2D eigenvalue weighted by Gasteiger charge is -2.09. The number of benzene rings is 2. The SMILES string of the molecule is CCn1c(CC(=O)Nc2ccc(C)cc2)nnc1SCC(=O)Nc1cc([N+](=O)[O-])ccc1C. The summed E-state index contributed by atoms with van der Waals surface area (Å²) in [6, 6.07) is 11.8. The lowest BCUT2D eigenvalue weighted by Crippen LogP contribution is -2.18. The first-order chi connectivity index (χ1) is 15.8. The van der Waals surface area contributed by atoms with E-state index in [1.807, 2.05) is 38.1 Å². The Morgan fingerprint density at radius 1 is 1.06 bits per heavy atom. The van der Waals surface area contributed by atoms with E-state index in [1.54, 1.807) is 17.6 Å². The number of aryl methyl sites for hydroxylation is 2. The Bertz CT molecular complexity index is 1180. The number of thioether (sulfide) groups is 1. The molecule has 1 heterocycles. The number of hydrogen-bond donors (Lipinski definition) is 2. The Hall–Kier alpha value is -3.73. The van der Waals surface area contributed by atoms with E-state index in [0.29, 0.717) is 28.9 Å². The zero-order chi connectivity index (χ0) is 24.0. The van der Waals surface area contributed by atoms with Gasteiger partial charge in [-0.3, -0.25) is 19.7 Å². The summed E-state index contributed by atoms with van der Waals surface area (Å²) in [7, 11) is 0. The fraction of sp³-hybridized carbons (Fsp3) is 0.273. The highest BCUT2D eigenvalue weighted by Crippen LogP contribution is 2.23. The third-order valence-electron chi connectivity index (χ3n) is 4.80. The lowest BCUT2D eigenvalue weighted by molar-refractivity contribution is -0.384. The molecular weight excluding hydrogens is 444 g/mol. The van der Waals surface area contributed by atoms with Crippen LogP contribution < -0.4 is 10.6 Å². The topological polar surface area (TPSA) is 132 Å². The third-order valence-corrected chi connectivity index (χ3v) is 5.77. The van der Waals surface area contributed by atoms with Gasteiger partial charge in [0.25, 0.3) is 5.69 Å². The van der Waals surface area contributed by atoms with Crippen LogP contribution in [-0.4, -0.2) is 37.3 Å². The van der Waals surface area contributed by atoms with Gasteiger partial charge in [0.15, 0.2) is 5.16 Å². The fourth-order valence-electron chi connectivity index (χ4n) is 3.03. The van der Waals surface area contributed by atoms with Crippen molar-refractivity contribution in [1.29, 1.82) is 0 Å². The van der Waals surface area contributed by atoms with Crippen molar-refractivity contribution in [1.82, 2.24) is 14.8 Å². The molecule has 2 amide bonds. The Kier molecular flexibility index (Phi) is 7.78. The maximum Gasteiger partial charge on any atom is 0.271 e. The molecule has 11 heteroatoms. The number of carbonyl (C=O) groups excluding carboxylic acids is 2. The normalized spacial score (nSPS) is 10.6. The molecule has 0 saturated heterocycles. The number of nitrogens with zero attached hydrogens (tertiary/aromatic N) is 4. The lowest BCUT2D eigenvalue weighted by atomic mass is 10.2. The number of rotatable bonds is 9. The molecule has 0 unspecified atom stereocenters. The van der Waals surface area contributed by atoms with E-state index in [2.05, 4.69) is 20.8 Å². The zero-order valence-electron chi connectivity index (χ0n) is 18.5. The van der Waals surface area contributed by atoms with Gasteiger partial charge in [0.1, 0.15) is 5.82 Å². The maximum absolute atomic E-state index is 12.4. The van der Waals surface area contributed by atoms with Gasteiger partial charge in [-0.2, -0.15) is 0 Å². The predicted octanol–water partition coefficient (Wildman–Crippen LogP) is 3.74. The van der Waals surface area contributed by atoms with Crippen LogP contribution in [0.15, 0.2) is 47.6 Å². The number of aromatic nitrogens is 3. The molecule has 2 aromatic carbocycles. The van der Waals surface area contributed by atoms with Crippen molar-refractivity contribution in [2.45, 2.75) is 38.9 Å². The molecule has 0 saturated carbocycles. The summed E-state index contributed by atoms with van der Waals surface area (Å²) in [5.74, 6) is -0.000568. The number of nitro benzene ring substituents is 1. The molecule has 1 aromatic heterocycles. The van der Waals surface area contributed by atoms with Gasteiger partial charge < -0.3 is 15.2 Å². The molecule has 0 fully saturated rings. The smallest absolute Gasteiger partial charge is 0.271 e. The molecule has 2 N–H and O–H groups in total. The van der Waals surface area contributed by atoms with E-state index in [-0.39, 0.29) is 29.7 Å². The summed E-state index contributed by atoms with van der Waals surface area (Å²) in [4.78, 5) is 35.3. The molecule has 3 rings (SSSR count). The van der Waals surface area contributed by atoms with Gasteiger partial charge in [-0.15, -0.1) is 10.2 Å². The second kappa shape index (κ2) is 10.7. The summed E-state index contributed by atoms with van der Waals surface area (Å²) >= 11 is 1.18. The van der Waals surface area contributed by atoms with E-state index >= 15 is 0 Å². The second-order valence-corrected chi connectivity index (χ2v) is 8.27. The number of anilines is 2. The molecule has 0 aliphatic carbocycles. The van der Waals surface area contributed by atoms with E-state index in [0.717, 1.165) is 11.1 Å². The molecule has 10 nitrogen and oxygen atoms in total. The van der Waals surface area contributed by atoms with Gasteiger partial charge in [0, 0.05) is 24.4 Å². The van der Waals surface area contributed by atoms with Crippen molar-refractivity contribution in [3.63, 3.8) is 0 Å². The molecule has 0 atom stereocenters. The van der Waals surface area contributed by atoms with Crippen LogP contribution in [0.4, 0.5) is 17.1 Å². The Labute approximate surface area is 194 Å². The van der Waals surface area contributed by atoms with Crippen molar-refractivity contribution in [3.8, 4) is 0 Å². The first-order valence-electron chi connectivity index (χ1n) is 10.2. The van der Waals surface area contributed by atoms with E-state index in [9.17, 15) is 19.7 Å². The van der Waals surface area contributed by atoms with Crippen molar-refractivity contribution in [3.05, 3.63) is 69.5 Å². The highest BCUT2D eigenvalue weighted by Gasteiger charge is 2.17. The molecule has 0 radical (unpaired) electrons. The minimum Gasteiger partial charge on any atom is -0.326 e. The number of non-ortho nitro benzene ring substituents is 1. The van der Waals surface area contributed by atoms with E-state index in [1.165, 1.54) is 23.9 Å². The van der Waals surface area contributed by atoms with Crippen LogP contribution in [-0.2, 0) is 22.6 Å². The number of nitrogens with one attached hydrogen (secondary N) is 2. The van der Waals surface area contributed by atoms with Gasteiger partial charge in [0.05, 0.1) is 22.8 Å². The number of carbonyl (C=O) groups is 2. The molecular formula is C22H24N6O4S. The molecule has 0 bridgehead atoms. The van der Waals surface area contributed by atoms with Crippen LogP contribution in [0.3, 0.4) is 0 Å². The first-order valence-corrected chi connectivity index (χ1v) is 11.2. The standard InChI is InChI=1S/C22H24N6O4S/c1-4-27-19(12-20(29)23-16-8-5-14(2)6-9-16)25-26-22(27)33-13-21(30)24-18-11-17(28(31)32)10-7-15(18)3/h5-11H,4,12-13H2,1-3H3,(H,23,29)(H,24,30). The van der Waals surface area contributed by atoms with Crippen LogP contribution in [0.1, 0.15) is 23.9 Å². The summed E-state index contributed by atoms with van der Waals surface area (Å²) < 4.78 is 1.78. The maximum atomic E-state index is 12.4. The Morgan fingerprint density at radius 2 is 1.79 bits per heavy atom. The molecule has 0 aliphatic rings. The molecule has 0 spiro atoms. The highest BCUT2D eigenvalue weighted by atomic mass is 32.2. The van der Waals surface area contributed by atoms with Gasteiger partial charge >= 0.3 is 0 Å². The molecule has 0 aliphatic heterocycles. The van der Waals surface area contributed by atoms with Crippen molar-refractivity contribution in [2.75, 3.05) is 16.4 Å². The van der Waals surface area contributed by atoms with Gasteiger partial charge in [-0.25, -0.2) is 0 Å². The minimum atomic E-state index is -0.510.